The van der Waals surface area contributed by atoms with Crippen molar-refractivity contribution in [2.45, 2.75) is 31.2 Å². The predicted octanol–water partition coefficient (Wildman–Crippen LogP) is 4.58. The summed E-state index contributed by atoms with van der Waals surface area (Å²) in [7, 11) is -3.96. The standard InChI is InChI=1S/C24H25ClN2O4S/c1-3-31-19-12-14-20(15-13-19)32(29,30)27-23(16-18-8-5-4-6-9-18)24(28)26-22-11-7-10-21(25)17(22)2/h4-15,23,27H,3,16H2,1-2H3,(H,26,28). The lowest BCUT2D eigenvalue weighted by molar-refractivity contribution is -0.117. The fraction of sp³-hybridized carbons (Fsp3) is 0.208. The van der Waals surface area contributed by atoms with Crippen LogP contribution in [0.1, 0.15) is 18.1 Å². The van der Waals surface area contributed by atoms with Crippen molar-refractivity contribution in [2.75, 3.05) is 11.9 Å². The van der Waals surface area contributed by atoms with E-state index in [1.54, 1.807) is 37.3 Å². The zero-order valence-electron chi connectivity index (χ0n) is 17.8. The fourth-order valence-corrected chi connectivity index (χ4v) is 4.51. The summed E-state index contributed by atoms with van der Waals surface area (Å²) in [6, 6.07) is 19.4. The van der Waals surface area contributed by atoms with Gasteiger partial charge in [-0.05, 0) is 67.8 Å². The first-order valence-corrected chi connectivity index (χ1v) is 12.0. The average Bonchev–Trinajstić information content (AvgIpc) is 2.77. The zero-order chi connectivity index (χ0) is 23.1. The molecule has 0 fully saturated rings. The molecule has 0 radical (unpaired) electrons. The van der Waals surface area contributed by atoms with Gasteiger partial charge < -0.3 is 10.1 Å². The number of halogens is 1. The lowest BCUT2D eigenvalue weighted by Gasteiger charge is -2.20. The van der Waals surface area contributed by atoms with Gasteiger partial charge in [0.25, 0.3) is 0 Å². The third-order valence-corrected chi connectivity index (χ3v) is 6.76. The third-order valence-electron chi connectivity index (χ3n) is 4.87. The van der Waals surface area contributed by atoms with Crippen LogP contribution in [-0.4, -0.2) is 27.0 Å². The molecule has 3 aromatic rings. The van der Waals surface area contributed by atoms with Crippen LogP contribution in [0.5, 0.6) is 5.75 Å². The first-order valence-electron chi connectivity index (χ1n) is 10.1. The fourth-order valence-electron chi connectivity index (χ4n) is 3.14. The molecule has 0 aliphatic heterocycles. The Balaban J connectivity index is 1.86. The van der Waals surface area contributed by atoms with E-state index in [9.17, 15) is 13.2 Å². The van der Waals surface area contributed by atoms with Crippen molar-refractivity contribution in [3.63, 3.8) is 0 Å². The van der Waals surface area contributed by atoms with Gasteiger partial charge in [0.15, 0.2) is 0 Å². The van der Waals surface area contributed by atoms with Crippen LogP contribution in [0, 0.1) is 6.92 Å². The van der Waals surface area contributed by atoms with Crippen molar-refractivity contribution in [1.82, 2.24) is 4.72 Å². The molecule has 0 saturated carbocycles. The minimum Gasteiger partial charge on any atom is -0.494 e. The number of benzene rings is 3. The van der Waals surface area contributed by atoms with Gasteiger partial charge in [0.1, 0.15) is 11.8 Å². The van der Waals surface area contributed by atoms with Crippen LogP contribution in [0.15, 0.2) is 77.7 Å². The first-order chi connectivity index (χ1) is 15.3. The second-order valence-corrected chi connectivity index (χ2v) is 9.29. The molecule has 0 aliphatic rings. The van der Waals surface area contributed by atoms with Crippen LogP contribution in [0.2, 0.25) is 5.02 Å². The summed E-state index contributed by atoms with van der Waals surface area (Å²) in [5.41, 5.74) is 2.06. The number of nitrogens with one attached hydrogen (secondary N) is 2. The second kappa shape index (κ2) is 10.6. The Labute approximate surface area is 193 Å². The van der Waals surface area contributed by atoms with Gasteiger partial charge in [-0.15, -0.1) is 0 Å². The molecular weight excluding hydrogens is 448 g/mol. The van der Waals surface area contributed by atoms with Gasteiger partial charge in [-0.2, -0.15) is 4.72 Å². The molecular formula is C24H25ClN2O4S. The van der Waals surface area contributed by atoms with Crippen molar-refractivity contribution in [1.29, 1.82) is 0 Å². The van der Waals surface area contributed by atoms with Gasteiger partial charge in [-0.25, -0.2) is 8.42 Å². The number of rotatable bonds is 9. The van der Waals surface area contributed by atoms with Crippen molar-refractivity contribution < 1.29 is 17.9 Å². The lowest BCUT2D eigenvalue weighted by atomic mass is 10.1. The quantitative estimate of drug-likeness (QED) is 0.477. The molecule has 0 aliphatic carbocycles. The van der Waals surface area contributed by atoms with Crippen molar-refractivity contribution >= 4 is 33.2 Å². The molecule has 0 bridgehead atoms. The normalized spacial score (nSPS) is 12.2. The smallest absolute Gasteiger partial charge is 0.242 e. The van der Waals surface area contributed by atoms with E-state index >= 15 is 0 Å². The largest absolute Gasteiger partial charge is 0.494 e. The van der Waals surface area contributed by atoms with E-state index in [2.05, 4.69) is 10.0 Å². The van der Waals surface area contributed by atoms with Gasteiger partial charge in [0.05, 0.1) is 11.5 Å². The highest BCUT2D eigenvalue weighted by atomic mass is 35.5. The van der Waals surface area contributed by atoms with E-state index in [1.165, 1.54) is 12.1 Å². The van der Waals surface area contributed by atoms with Crippen LogP contribution < -0.4 is 14.8 Å². The second-order valence-electron chi connectivity index (χ2n) is 7.17. The molecule has 2 N–H and O–H groups in total. The van der Waals surface area contributed by atoms with Gasteiger partial charge in [0, 0.05) is 10.7 Å². The molecule has 168 valence electrons. The van der Waals surface area contributed by atoms with E-state index in [1.807, 2.05) is 37.3 Å². The summed E-state index contributed by atoms with van der Waals surface area (Å²) in [5.74, 6) is 0.0928. The van der Waals surface area contributed by atoms with E-state index in [0.717, 1.165) is 5.56 Å². The zero-order valence-corrected chi connectivity index (χ0v) is 19.4. The maximum absolute atomic E-state index is 13.1. The Morgan fingerprint density at radius 2 is 1.69 bits per heavy atom. The highest BCUT2D eigenvalue weighted by molar-refractivity contribution is 7.89. The minimum atomic E-state index is -3.96. The number of carbonyl (C=O) groups excluding carboxylic acids is 1. The number of carbonyl (C=O) groups is 1. The molecule has 0 aromatic heterocycles. The van der Waals surface area contributed by atoms with Crippen LogP contribution in [0.4, 0.5) is 5.69 Å². The Bertz CT molecular complexity index is 1170. The third kappa shape index (κ3) is 6.09. The summed E-state index contributed by atoms with van der Waals surface area (Å²) >= 11 is 6.16. The average molecular weight is 473 g/mol. The molecule has 32 heavy (non-hydrogen) atoms. The predicted molar refractivity (Wildman–Crippen MR) is 127 cm³/mol. The molecule has 1 unspecified atom stereocenters. The summed E-state index contributed by atoms with van der Waals surface area (Å²) in [5, 5.41) is 3.31. The first kappa shape index (κ1) is 23.8. The van der Waals surface area contributed by atoms with Gasteiger partial charge in [0.2, 0.25) is 15.9 Å². The highest BCUT2D eigenvalue weighted by Crippen LogP contribution is 2.23. The number of sulfonamides is 1. The molecule has 1 amide bonds. The van der Waals surface area contributed by atoms with E-state index in [-0.39, 0.29) is 11.3 Å². The molecule has 0 saturated heterocycles. The maximum Gasteiger partial charge on any atom is 0.242 e. The summed E-state index contributed by atoms with van der Waals surface area (Å²) in [6.45, 7) is 4.11. The lowest BCUT2D eigenvalue weighted by Crippen LogP contribution is -2.45. The number of hydrogen-bond acceptors (Lipinski definition) is 4. The van der Waals surface area contributed by atoms with E-state index in [0.29, 0.717) is 28.6 Å². The Morgan fingerprint density at radius 3 is 2.34 bits per heavy atom. The van der Waals surface area contributed by atoms with Crippen LogP contribution >= 0.6 is 11.6 Å². The summed E-state index contributed by atoms with van der Waals surface area (Å²) in [4.78, 5) is 13.2. The summed E-state index contributed by atoms with van der Waals surface area (Å²) < 4.78 is 34.0. The molecule has 0 heterocycles. The minimum absolute atomic E-state index is 0.0470. The topological polar surface area (TPSA) is 84.5 Å². The molecule has 0 spiro atoms. The van der Waals surface area contributed by atoms with Crippen LogP contribution in [-0.2, 0) is 21.2 Å². The van der Waals surface area contributed by atoms with Crippen molar-refractivity contribution in [3.8, 4) is 5.75 Å². The van der Waals surface area contributed by atoms with Crippen molar-refractivity contribution in [2.24, 2.45) is 0 Å². The Kier molecular flexibility index (Phi) is 7.90. The number of hydrogen-bond donors (Lipinski definition) is 2. The van der Waals surface area contributed by atoms with Gasteiger partial charge in [-0.3, -0.25) is 4.79 Å². The Morgan fingerprint density at radius 1 is 1.00 bits per heavy atom. The summed E-state index contributed by atoms with van der Waals surface area (Å²) in [6.07, 6.45) is 0.183. The van der Waals surface area contributed by atoms with E-state index < -0.39 is 22.0 Å². The number of amides is 1. The maximum atomic E-state index is 13.1. The highest BCUT2D eigenvalue weighted by Gasteiger charge is 2.26. The molecule has 3 aromatic carbocycles. The molecule has 3 rings (SSSR count). The molecule has 8 heteroatoms. The molecule has 1 atom stereocenters. The van der Waals surface area contributed by atoms with E-state index in [4.69, 9.17) is 16.3 Å². The SMILES string of the molecule is CCOc1ccc(S(=O)(=O)NC(Cc2ccccc2)C(=O)Nc2cccc(Cl)c2C)cc1. The van der Waals surface area contributed by atoms with Crippen molar-refractivity contribution in [3.05, 3.63) is 88.9 Å². The number of anilines is 1. The van der Waals surface area contributed by atoms with Crippen LogP contribution in [0.3, 0.4) is 0 Å². The van der Waals surface area contributed by atoms with Gasteiger partial charge >= 0.3 is 0 Å². The van der Waals surface area contributed by atoms with Gasteiger partial charge in [-0.1, -0.05) is 48.0 Å². The number of ether oxygens (including phenoxy) is 1. The Hall–Kier alpha value is -2.87. The molecule has 6 nitrogen and oxygen atoms in total. The monoisotopic (exact) mass is 472 g/mol. The van der Waals surface area contributed by atoms with Crippen LogP contribution in [0.25, 0.3) is 0 Å².